The molecular weight excluding hydrogens is 386 g/mol. The van der Waals surface area contributed by atoms with Crippen LogP contribution in [0.4, 0.5) is 8.78 Å². The van der Waals surface area contributed by atoms with E-state index in [1.165, 1.54) is 11.5 Å². The van der Waals surface area contributed by atoms with Crippen molar-refractivity contribution in [2.45, 2.75) is 45.3 Å². The fourth-order valence-electron chi connectivity index (χ4n) is 3.19. The van der Waals surface area contributed by atoms with E-state index in [-0.39, 0.29) is 24.1 Å². The molecule has 1 aliphatic carbocycles. The van der Waals surface area contributed by atoms with Crippen LogP contribution in [0, 0.1) is 5.92 Å². The lowest BCUT2D eigenvalue weighted by Gasteiger charge is -2.35. The molecule has 160 valence electrons. The third-order valence-electron chi connectivity index (χ3n) is 4.68. The Labute approximate surface area is 167 Å². The Hall–Kier alpha value is -2.49. The van der Waals surface area contributed by atoms with Crippen LogP contribution in [0.15, 0.2) is 12.1 Å². The first-order chi connectivity index (χ1) is 13.8. The molecule has 1 saturated carbocycles. The molecule has 1 amide bonds. The second-order valence-electron chi connectivity index (χ2n) is 7.35. The van der Waals surface area contributed by atoms with E-state index in [4.69, 9.17) is 14.2 Å². The van der Waals surface area contributed by atoms with E-state index in [1.54, 1.807) is 19.2 Å². The van der Waals surface area contributed by atoms with Crippen molar-refractivity contribution in [3.8, 4) is 11.9 Å². The van der Waals surface area contributed by atoms with Crippen LogP contribution in [0.25, 0.3) is 11.2 Å². The Kier molecular flexibility index (Phi) is 6.83. The SMILES string of the molecule is CC(=O)N[C@@H](C)COC1CC(COc2ccc3nc(OCC(F)F)n(C)c3n2)C1. The summed E-state index contributed by atoms with van der Waals surface area (Å²) < 4.78 is 42.7. The molecular formula is C19H26F2N4O4. The van der Waals surface area contributed by atoms with Gasteiger partial charge >= 0.3 is 0 Å². The molecule has 0 bridgehead atoms. The van der Waals surface area contributed by atoms with Crippen LogP contribution in [0.3, 0.4) is 0 Å². The summed E-state index contributed by atoms with van der Waals surface area (Å²) in [4.78, 5) is 19.5. The number of alkyl halides is 2. The molecule has 3 rings (SSSR count). The standard InChI is InChI=1S/C19H26F2N4O4/c1-11(22-12(2)26)8-27-14-6-13(7-14)9-28-17-5-4-15-18(24-17)25(3)19(23-15)29-10-16(20)21/h4-5,11,13-14,16H,6-10H2,1-3H3,(H,22,26)/t11-,13?,14?/m0/s1. The van der Waals surface area contributed by atoms with Gasteiger partial charge in [0.05, 0.1) is 19.3 Å². The topological polar surface area (TPSA) is 87.5 Å². The van der Waals surface area contributed by atoms with Gasteiger partial charge in [-0.15, -0.1) is 0 Å². The molecule has 10 heteroatoms. The molecule has 1 atom stereocenters. The van der Waals surface area contributed by atoms with Gasteiger partial charge in [0.15, 0.2) is 12.3 Å². The van der Waals surface area contributed by atoms with Crippen molar-refractivity contribution in [2.75, 3.05) is 19.8 Å². The summed E-state index contributed by atoms with van der Waals surface area (Å²) in [5.74, 6) is 0.765. The molecule has 2 heterocycles. The highest BCUT2D eigenvalue weighted by atomic mass is 19.3. The highest BCUT2D eigenvalue weighted by Crippen LogP contribution is 2.31. The Morgan fingerprint density at radius 1 is 1.28 bits per heavy atom. The van der Waals surface area contributed by atoms with E-state index in [0.717, 1.165) is 12.8 Å². The van der Waals surface area contributed by atoms with Crippen LogP contribution >= 0.6 is 0 Å². The summed E-state index contributed by atoms with van der Waals surface area (Å²) in [7, 11) is 1.66. The van der Waals surface area contributed by atoms with E-state index < -0.39 is 13.0 Å². The molecule has 0 saturated heterocycles. The summed E-state index contributed by atoms with van der Waals surface area (Å²) in [5.41, 5.74) is 1.06. The monoisotopic (exact) mass is 412 g/mol. The first-order valence-corrected chi connectivity index (χ1v) is 9.57. The lowest BCUT2D eigenvalue weighted by molar-refractivity contribution is -0.120. The maximum absolute atomic E-state index is 12.3. The molecule has 1 fully saturated rings. The predicted molar refractivity (Wildman–Crippen MR) is 101 cm³/mol. The number of pyridine rings is 1. The first kappa shape index (κ1) is 21.2. The normalized spacial score (nSPS) is 19.8. The van der Waals surface area contributed by atoms with Crippen molar-refractivity contribution in [2.24, 2.45) is 13.0 Å². The van der Waals surface area contributed by atoms with Crippen LogP contribution in [0.5, 0.6) is 11.9 Å². The molecule has 0 aromatic carbocycles. The van der Waals surface area contributed by atoms with Gasteiger partial charge in [-0.1, -0.05) is 0 Å². The minimum atomic E-state index is -2.56. The maximum Gasteiger partial charge on any atom is 0.298 e. The zero-order valence-electron chi connectivity index (χ0n) is 16.7. The molecule has 2 aromatic rings. The van der Waals surface area contributed by atoms with E-state index >= 15 is 0 Å². The predicted octanol–water partition coefficient (Wildman–Crippen LogP) is 2.31. The van der Waals surface area contributed by atoms with Crippen LogP contribution in [0.1, 0.15) is 26.7 Å². The number of rotatable bonds is 10. The number of halogens is 2. The number of aryl methyl sites for hydroxylation is 1. The summed E-state index contributed by atoms with van der Waals surface area (Å²) >= 11 is 0. The quantitative estimate of drug-likeness (QED) is 0.644. The van der Waals surface area contributed by atoms with Gasteiger partial charge in [0.2, 0.25) is 11.8 Å². The fourth-order valence-corrected chi connectivity index (χ4v) is 3.19. The van der Waals surface area contributed by atoms with Crippen molar-refractivity contribution < 1.29 is 27.8 Å². The number of carbonyl (C=O) groups excluding carboxylic acids is 1. The van der Waals surface area contributed by atoms with Gasteiger partial charge in [-0.2, -0.15) is 9.97 Å². The third kappa shape index (κ3) is 5.75. The molecule has 0 unspecified atom stereocenters. The Morgan fingerprint density at radius 2 is 2.03 bits per heavy atom. The van der Waals surface area contributed by atoms with E-state index in [0.29, 0.717) is 36.2 Å². The van der Waals surface area contributed by atoms with Gasteiger partial charge in [-0.05, 0) is 31.7 Å². The highest BCUT2D eigenvalue weighted by molar-refractivity contribution is 5.73. The molecule has 8 nitrogen and oxygen atoms in total. The molecule has 0 aliphatic heterocycles. The van der Waals surface area contributed by atoms with Gasteiger partial charge in [0.25, 0.3) is 12.4 Å². The first-order valence-electron chi connectivity index (χ1n) is 9.57. The molecule has 2 aromatic heterocycles. The number of hydrogen-bond acceptors (Lipinski definition) is 6. The van der Waals surface area contributed by atoms with Crippen molar-refractivity contribution in [1.82, 2.24) is 19.9 Å². The van der Waals surface area contributed by atoms with E-state index in [9.17, 15) is 13.6 Å². The minimum Gasteiger partial charge on any atom is -0.477 e. The number of nitrogens with zero attached hydrogens (tertiary/aromatic N) is 3. The van der Waals surface area contributed by atoms with Crippen LogP contribution in [0.2, 0.25) is 0 Å². The number of amides is 1. The van der Waals surface area contributed by atoms with Crippen molar-refractivity contribution in [3.63, 3.8) is 0 Å². The van der Waals surface area contributed by atoms with Crippen LogP contribution in [-0.4, -0.2) is 58.8 Å². The van der Waals surface area contributed by atoms with Gasteiger partial charge in [-0.3, -0.25) is 9.36 Å². The van der Waals surface area contributed by atoms with Crippen LogP contribution < -0.4 is 14.8 Å². The number of ether oxygens (including phenoxy) is 3. The number of fused-ring (bicyclic) bond motifs is 1. The lowest BCUT2D eigenvalue weighted by Crippen LogP contribution is -2.40. The minimum absolute atomic E-state index is 0.00723. The number of hydrogen-bond donors (Lipinski definition) is 1. The number of carbonyl (C=O) groups is 1. The maximum atomic E-state index is 12.3. The third-order valence-corrected chi connectivity index (χ3v) is 4.68. The van der Waals surface area contributed by atoms with Gasteiger partial charge in [0.1, 0.15) is 5.52 Å². The van der Waals surface area contributed by atoms with Crippen molar-refractivity contribution in [3.05, 3.63) is 12.1 Å². The molecule has 1 N–H and O–H groups in total. The van der Waals surface area contributed by atoms with Gasteiger partial charge < -0.3 is 19.5 Å². The molecule has 0 spiro atoms. The molecule has 0 radical (unpaired) electrons. The Bertz CT molecular complexity index is 839. The smallest absolute Gasteiger partial charge is 0.298 e. The summed E-state index contributed by atoms with van der Waals surface area (Å²) in [6, 6.07) is 3.52. The summed E-state index contributed by atoms with van der Waals surface area (Å²) in [6.45, 7) is 3.69. The second-order valence-corrected chi connectivity index (χ2v) is 7.35. The number of imidazole rings is 1. The second kappa shape index (κ2) is 9.34. The summed E-state index contributed by atoms with van der Waals surface area (Å²) in [5, 5.41) is 2.79. The van der Waals surface area contributed by atoms with Gasteiger partial charge in [-0.25, -0.2) is 8.78 Å². The lowest BCUT2D eigenvalue weighted by atomic mass is 9.83. The highest BCUT2D eigenvalue weighted by Gasteiger charge is 2.31. The largest absolute Gasteiger partial charge is 0.477 e. The fraction of sp³-hybridized carbons (Fsp3) is 0.632. The molecule has 1 aliphatic rings. The zero-order valence-corrected chi connectivity index (χ0v) is 16.7. The van der Waals surface area contributed by atoms with Gasteiger partial charge in [0, 0.05) is 26.1 Å². The number of nitrogens with one attached hydrogen (secondary N) is 1. The summed E-state index contributed by atoms with van der Waals surface area (Å²) in [6.07, 6.45) is -0.592. The number of aromatic nitrogens is 3. The van der Waals surface area contributed by atoms with E-state index in [1.807, 2.05) is 6.92 Å². The van der Waals surface area contributed by atoms with Crippen molar-refractivity contribution in [1.29, 1.82) is 0 Å². The Balaban J connectivity index is 1.44. The van der Waals surface area contributed by atoms with E-state index in [2.05, 4.69) is 15.3 Å². The average Bonchev–Trinajstić information content (AvgIpc) is 2.93. The van der Waals surface area contributed by atoms with Crippen molar-refractivity contribution >= 4 is 17.1 Å². The molecule has 29 heavy (non-hydrogen) atoms. The van der Waals surface area contributed by atoms with Crippen LogP contribution in [-0.2, 0) is 16.6 Å². The average molecular weight is 412 g/mol. The Morgan fingerprint density at radius 3 is 2.72 bits per heavy atom. The zero-order chi connectivity index (χ0) is 21.0.